The number of nitrogens with zero attached hydrogens (tertiary/aromatic N) is 4. The zero-order valence-electron chi connectivity index (χ0n) is 19.1. The second kappa shape index (κ2) is 9.68. The molecule has 3 heterocycles. The van der Waals surface area contributed by atoms with Crippen LogP contribution in [-0.4, -0.2) is 54.4 Å². The van der Waals surface area contributed by atoms with Crippen LogP contribution < -0.4 is 10.2 Å². The molecule has 0 spiro atoms. The Labute approximate surface area is 201 Å². The number of nitriles is 1. The predicted octanol–water partition coefficient (Wildman–Crippen LogP) is 4.55. The average Bonchev–Trinajstić information content (AvgIpc) is 3.24. The lowest BCUT2D eigenvalue weighted by Gasteiger charge is -2.43. The van der Waals surface area contributed by atoms with Gasteiger partial charge >= 0.3 is 0 Å². The fourth-order valence-electron chi connectivity index (χ4n) is 5.39. The van der Waals surface area contributed by atoms with Crippen molar-refractivity contribution in [1.82, 2.24) is 9.96 Å². The molecule has 3 aliphatic rings. The molecular formula is C26H31N5OS. The predicted molar refractivity (Wildman–Crippen MR) is 135 cm³/mol. The monoisotopic (exact) mass is 461 g/mol. The van der Waals surface area contributed by atoms with E-state index < -0.39 is 0 Å². The molecule has 172 valence electrons. The van der Waals surface area contributed by atoms with E-state index in [-0.39, 0.29) is 6.04 Å². The smallest absolute Gasteiger partial charge is 0.173 e. The Bertz CT molecular complexity index is 1010. The maximum Gasteiger partial charge on any atom is 0.173 e. The number of benzene rings is 2. The maximum atomic E-state index is 9.06. The summed E-state index contributed by atoms with van der Waals surface area (Å²) in [6.45, 7) is 3.90. The Morgan fingerprint density at radius 3 is 2.48 bits per heavy atom. The molecule has 2 aromatic carbocycles. The fraction of sp³-hybridized carbons (Fsp3) is 0.462. The SMILES string of the molecule is CN1OC[C@@H]2CN(C(=S)Nc3ccc(C#N)cc3)[C@H](c3ccc(N4CCCCC4)cc3)C[C@@H]21. The first-order valence-corrected chi connectivity index (χ1v) is 12.3. The largest absolute Gasteiger partial charge is 0.372 e. The minimum atomic E-state index is 0.184. The minimum absolute atomic E-state index is 0.184. The summed E-state index contributed by atoms with van der Waals surface area (Å²) in [6, 6.07) is 19.3. The lowest BCUT2D eigenvalue weighted by atomic mass is 9.85. The van der Waals surface area contributed by atoms with Gasteiger partial charge in [-0.15, -0.1) is 0 Å². The van der Waals surface area contributed by atoms with E-state index in [0.29, 0.717) is 17.5 Å². The molecule has 0 radical (unpaired) electrons. The highest BCUT2D eigenvalue weighted by Gasteiger charge is 2.43. The molecule has 2 aromatic rings. The first-order valence-electron chi connectivity index (χ1n) is 11.9. The lowest BCUT2D eigenvalue weighted by molar-refractivity contribution is -0.113. The molecule has 0 aliphatic carbocycles. The Hall–Kier alpha value is -2.66. The molecule has 6 nitrogen and oxygen atoms in total. The Balaban J connectivity index is 1.37. The van der Waals surface area contributed by atoms with Gasteiger partial charge in [0.25, 0.3) is 0 Å². The number of hydroxylamine groups is 2. The third-order valence-corrected chi connectivity index (χ3v) is 7.64. The van der Waals surface area contributed by atoms with E-state index in [1.807, 2.05) is 36.4 Å². The van der Waals surface area contributed by atoms with E-state index in [2.05, 4.69) is 45.5 Å². The molecule has 0 unspecified atom stereocenters. The van der Waals surface area contributed by atoms with Crippen LogP contribution in [0.15, 0.2) is 48.5 Å². The van der Waals surface area contributed by atoms with E-state index in [9.17, 15) is 0 Å². The maximum absolute atomic E-state index is 9.06. The molecule has 1 N–H and O–H groups in total. The molecule has 5 rings (SSSR count). The van der Waals surface area contributed by atoms with Gasteiger partial charge in [0.2, 0.25) is 0 Å². The van der Waals surface area contributed by atoms with Crippen molar-refractivity contribution < 1.29 is 4.84 Å². The van der Waals surface area contributed by atoms with Crippen LogP contribution in [0.5, 0.6) is 0 Å². The van der Waals surface area contributed by atoms with E-state index >= 15 is 0 Å². The first-order chi connectivity index (χ1) is 16.1. The summed E-state index contributed by atoms with van der Waals surface area (Å²) in [4.78, 5) is 10.7. The standard InChI is InChI=1S/C26H31N5OS/c1-29-24-15-25(20-7-11-23(12-8-20)30-13-3-2-4-14-30)31(17-21(24)18-32-29)26(33)28-22-9-5-19(16-27)6-10-22/h5-12,21,24-25H,2-4,13-15,17-18H2,1H3,(H,28,33)/t21-,24-,25-/m0/s1. The number of likely N-dealkylation sites (tertiary alicyclic amines) is 1. The van der Waals surface area contributed by atoms with Crippen LogP contribution in [0.3, 0.4) is 0 Å². The van der Waals surface area contributed by atoms with Gasteiger partial charge in [0.1, 0.15) is 0 Å². The van der Waals surface area contributed by atoms with E-state index in [1.54, 1.807) is 0 Å². The second-order valence-electron chi connectivity index (χ2n) is 9.33. The molecule has 33 heavy (non-hydrogen) atoms. The van der Waals surface area contributed by atoms with Gasteiger partial charge in [-0.3, -0.25) is 4.84 Å². The number of nitrogens with one attached hydrogen (secondary N) is 1. The van der Waals surface area contributed by atoms with Crippen LogP contribution in [0.25, 0.3) is 0 Å². The highest BCUT2D eigenvalue weighted by atomic mass is 32.1. The number of piperidine rings is 2. The molecular weight excluding hydrogens is 430 g/mol. The van der Waals surface area contributed by atoms with E-state index in [1.165, 1.54) is 30.5 Å². The third kappa shape index (κ3) is 4.70. The van der Waals surface area contributed by atoms with E-state index in [0.717, 1.165) is 43.5 Å². The van der Waals surface area contributed by atoms with Crippen LogP contribution in [0, 0.1) is 17.2 Å². The molecule has 0 amide bonds. The van der Waals surface area contributed by atoms with Crippen molar-refractivity contribution in [1.29, 1.82) is 5.26 Å². The molecule has 3 atom stereocenters. The van der Waals surface area contributed by atoms with Crippen LogP contribution in [-0.2, 0) is 4.84 Å². The van der Waals surface area contributed by atoms with Crippen molar-refractivity contribution >= 4 is 28.7 Å². The molecule has 0 saturated carbocycles. The summed E-state index contributed by atoms with van der Waals surface area (Å²) < 4.78 is 0. The van der Waals surface area contributed by atoms with Crippen molar-refractivity contribution in [2.24, 2.45) is 5.92 Å². The van der Waals surface area contributed by atoms with Crippen molar-refractivity contribution in [3.8, 4) is 6.07 Å². The van der Waals surface area contributed by atoms with Crippen molar-refractivity contribution in [2.75, 3.05) is 43.5 Å². The molecule has 0 bridgehead atoms. The first kappa shape index (κ1) is 22.1. The zero-order chi connectivity index (χ0) is 22.8. The Morgan fingerprint density at radius 1 is 1.06 bits per heavy atom. The van der Waals surface area contributed by atoms with Gasteiger partial charge in [-0.2, -0.15) is 10.3 Å². The summed E-state index contributed by atoms with van der Waals surface area (Å²) in [7, 11) is 2.05. The van der Waals surface area contributed by atoms with Crippen LogP contribution in [0.2, 0.25) is 0 Å². The number of fused-ring (bicyclic) bond motifs is 1. The van der Waals surface area contributed by atoms with Gasteiger partial charge in [0.05, 0.1) is 24.3 Å². The van der Waals surface area contributed by atoms with Gasteiger partial charge in [-0.1, -0.05) is 12.1 Å². The van der Waals surface area contributed by atoms with Gasteiger partial charge in [-0.05, 0) is 79.9 Å². The minimum Gasteiger partial charge on any atom is -0.372 e. The molecule has 7 heteroatoms. The number of thiocarbonyl (C=S) groups is 1. The Kier molecular flexibility index (Phi) is 6.50. The van der Waals surface area contributed by atoms with Crippen LogP contribution in [0.1, 0.15) is 42.9 Å². The van der Waals surface area contributed by atoms with Gasteiger partial charge in [-0.25, -0.2) is 0 Å². The topological polar surface area (TPSA) is 54.8 Å². The highest BCUT2D eigenvalue weighted by molar-refractivity contribution is 7.80. The molecule has 3 aliphatic heterocycles. The molecule has 3 saturated heterocycles. The van der Waals surface area contributed by atoms with Gasteiger partial charge in [0.15, 0.2) is 5.11 Å². The number of hydrogen-bond donors (Lipinski definition) is 1. The quantitative estimate of drug-likeness (QED) is 0.673. The average molecular weight is 462 g/mol. The van der Waals surface area contributed by atoms with Crippen LogP contribution in [0.4, 0.5) is 11.4 Å². The van der Waals surface area contributed by atoms with Gasteiger partial charge < -0.3 is 15.1 Å². The van der Waals surface area contributed by atoms with Crippen molar-refractivity contribution in [3.05, 3.63) is 59.7 Å². The van der Waals surface area contributed by atoms with E-state index in [4.69, 9.17) is 22.3 Å². The summed E-state index contributed by atoms with van der Waals surface area (Å²) in [6.07, 6.45) is 4.87. The number of hydrogen-bond acceptors (Lipinski definition) is 5. The second-order valence-corrected chi connectivity index (χ2v) is 9.72. The lowest BCUT2D eigenvalue weighted by Crippen LogP contribution is -2.50. The summed E-state index contributed by atoms with van der Waals surface area (Å²) >= 11 is 5.90. The van der Waals surface area contributed by atoms with Crippen LogP contribution >= 0.6 is 12.2 Å². The normalized spacial score (nSPS) is 25.4. The fourth-order valence-corrected chi connectivity index (χ4v) is 5.71. The number of anilines is 2. The summed E-state index contributed by atoms with van der Waals surface area (Å²) in [5.41, 5.74) is 4.15. The summed E-state index contributed by atoms with van der Waals surface area (Å²) in [5, 5.41) is 15.2. The Morgan fingerprint density at radius 2 is 1.79 bits per heavy atom. The van der Waals surface area contributed by atoms with Crippen molar-refractivity contribution in [3.63, 3.8) is 0 Å². The zero-order valence-corrected chi connectivity index (χ0v) is 19.9. The molecule has 3 fully saturated rings. The number of rotatable bonds is 3. The van der Waals surface area contributed by atoms with Gasteiger partial charge in [0, 0.05) is 50.0 Å². The third-order valence-electron chi connectivity index (χ3n) is 7.30. The molecule has 0 aromatic heterocycles. The summed E-state index contributed by atoms with van der Waals surface area (Å²) in [5.74, 6) is 0.430. The highest BCUT2D eigenvalue weighted by Crippen LogP contribution is 2.39. The van der Waals surface area contributed by atoms with Crippen molar-refractivity contribution in [2.45, 2.75) is 37.8 Å².